The lowest BCUT2D eigenvalue weighted by Gasteiger charge is -2.39. The van der Waals surface area contributed by atoms with Crippen molar-refractivity contribution in [1.29, 1.82) is 0 Å². The van der Waals surface area contributed by atoms with Crippen LogP contribution in [0.2, 0.25) is 0 Å². The average Bonchev–Trinajstić information content (AvgIpc) is 3.43. The Balaban J connectivity index is 1.30. The topological polar surface area (TPSA) is 44.5 Å². The molecular weight excluding hydrogens is 360 g/mol. The number of hydrogen-bond donors (Lipinski definition) is 1. The third kappa shape index (κ3) is 3.77. The van der Waals surface area contributed by atoms with E-state index in [1.165, 1.54) is 31.3 Å². The predicted molar refractivity (Wildman–Crippen MR) is 117 cm³/mol. The molecular formula is C24H30N4O. The number of likely N-dealkylation sites (tertiary alicyclic amines) is 1. The van der Waals surface area contributed by atoms with E-state index in [9.17, 15) is 5.11 Å². The number of piperidine rings is 1. The highest BCUT2D eigenvalue weighted by molar-refractivity contribution is 5.78. The summed E-state index contributed by atoms with van der Waals surface area (Å²) in [5.41, 5.74) is 1.38. The number of rotatable bonds is 5. The zero-order valence-electron chi connectivity index (χ0n) is 17.0. The molecule has 29 heavy (non-hydrogen) atoms. The SMILES string of the molecule is OC1(c2ccccc2)CCN(c2ccc3ccn(CCN4CCCC4)c3n2)CC1. The number of fused-ring (bicyclic) bond motifs is 1. The van der Waals surface area contributed by atoms with Crippen molar-refractivity contribution in [1.82, 2.24) is 14.5 Å². The van der Waals surface area contributed by atoms with Gasteiger partial charge >= 0.3 is 0 Å². The monoisotopic (exact) mass is 390 g/mol. The Hall–Kier alpha value is -2.37. The minimum absolute atomic E-state index is 0.724. The second kappa shape index (κ2) is 7.81. The van der Waals surface area contributed by atoms with Crippen LogP contribution in [-0.4, -0.2) is 52.3 Å². The molecule has 1 N–H and O–H groups in total. The molecule has 2 fully saturated rings. The van der Waals surface area contributed by atoms with E-state index in [0.29, 0.717) is 0 Å². The number of aliphatic hydroxyl groups is 1. The van der Waals surface area contributed by atoms with Crippen LogP contribution in [0.5, 0.6) is 0 Å². The molecule has 0 amide bonds. The van der Waals surface area contributed by atoms with Gasteiger partial charge in [-0.3, -0.25) is 0 Å². The van der Waals surface area contributed by atoms with Gasteiger partial charge in [-0.2, -0.15) is 0 Å². The molecule has 2 aromatic heterocycles. The Morgan fingerprint density at radius 2 is 1.62 bits per heavy atom. The van der Waals surface area contributed by atoms with Crippen molar-refractivity contribution in [3.8, 4) is 0 Å². The first-order valence-corrected chi connectivity index (χ1v) is 10.9. The fourth-order valence-electron chi connectivity index (χ4n) is 4.80. The van der Waals surface area contributed by atoms with Gasteiger partial charge in [0.1, 0.15) is 11.5 Å². The van der Waals surface area contributed by atoms with E-state index >= 15 is 0 Å². The molecule has 2 aliphatic heterocycles. The summed E-state index contributed by atoms with van der Waals surface area (Å²) >= 11 is 0. The highest BCUT2D eigenvalue weighted by Crippen LogP contribution is 2.34. The molecule has 4 heterocycles. The summed E-state index contributed by atoms with van der Waals surface area (Å²) < 4.78 is 2.29. The number of anilines is 1. The van der Waals surface area contributed by atoms with E-state index in [2.05, 4.69) is 38.8 Å². The number of aromatic nitrogens is 2. The maximum Gasteiger partial charge on any atom is 0.142 e. The van der Waals surface area contributed by atoms with Crippen LogP contribution in [-0.2, 0) is 12.1 Å². The van der Waals surface area contributed by atoms with Crippen LogP contribution in [0.15, 0.2) is 54.7 Å². The minimum atomic E-state index is -0.724. The highest BCUT2D eigenvalue weighted by Gasteiger charge is 2.34. The maximum atomic E-state index is 11.1. The van der Waals surface area contributed by atoms with Crippen molar-refractivity contribution < 1.29 is 5.11 Å². The summed E-state index contributed by atoms with van der Waals surface area (Å²) in [6.07, 6.45) is 6.29. The summed E-state index contributed by atoms with van der Waals surface area (Å²) in [4.78, 5) is 9.87. The van der Waals surface area contributed by atoms with Crippen molar-refractivity contribution in [3.63, 3.8) is 0 Å². The fraction of sp³-hybridized carbons (Fsp3) is 0.458. The number of pyridine rings is 1. The molecule has 0 spiro atoms. The summed E-state index contributed by atoms with van der Waals surface area (Å²) in [7, 11) is 0. The second-order valence-electron chi connectivity index (χ2n) is 8.52. The molecule has 5 nitrogen and oxygen atoms in total. The third-order valence-electron chi connectivity index (χ3n) is 6.68. The molecule has 0 saturated carbocycles. The molecule has 0 radical (unpaired) electrons. The van der Waals surface area contributed by atoms with Gasteiger partial charge in [-0.15, -0.1) is 0 Å². The van der Waals surface area contributed by atoms with Crippen LogP contribution in [0.4, 0.5) is 5.82 Å². The van der Waals surface area contributed by atoms with Crippen molar-refractivity contribution >= 4 is 16.9 Å². The summed E-state index contributed by atoms with van der Waals surface area (Å²) in [6, 6.07) is 16.6. The largest absolute Gasteiger partial charge is 0.385 e. The lowest BCUT2D eigenvalue weighted by Crippen LogP contribution is -2.43. The van der Waals surface area contributed by atoms with Gasteiger partial charge in [0.05, 0.1) is 5.60 Å². The van der Waals surface area contributed by atoms with E-state index in [1.807, 2.05) is 30.3 Å². The minimum Gasteiger partial charge on any atom is -0.385 e. The van der Waals surface area contributed by atoms with Crippen LogP contribution in [0.3, 0.4) is 0 Å². The van der Waals surface area contributed by atoms with Crippen LogP contribution >= 0.6 is 0 Å². The van der Waals surface area contributed by atoms with Crippen molar-refractivity contribution in [2.45, 2.75) is 37.8 Å². The van der Waals surface area contributed by atoms with Crippen molar-refractivity contribution in [3.05, 3.63) is 60.3 Å². The Morgan fingerprint density at radius 1 is 0.862 bits per heavy atom. The van der Waals surface area contributed by atoms with Crippen molar-refractivity contribution in [2.24, 2.45) is 0 Å². The van der Waals surface area contributed by atoms with Gasteiger partial charge in [0.25, 0.3) is 0 Å². The molecule has 0 bridgehead atoms. The van der Waals surface area contributed by atoms with E-state index in [4.69, 9.17) is 4.98 Å². The quantitative estimate of drug-likeness (QED) is 0.723. The zero-order chi connectivity index (χ0) is 19.7. The molecule has 152 valence electrons. The Kier molecular flexibility index (Phi) is 5.02. The van der Waals surface area contributed by atoms with Gasteiger partial charge in [0.15, 0.2) is 0 Å². The standard InChI is InChI=1S/C24H30N4O/c29-24(21-6-2-1-3-7-21)11-16-27(17-12-24)22-9-8-20-10-15-28(23(20)25-22)19-18-26-13-4-5-14-26/h1-3,6-10,15,29H,4-5,11-14,16-19H2. The summed E-state index contributed by atoms with van der Waals surface area (Å²) in [6.45, 7) is 6.19. The molecule has 0 unspecified atom stereocenters. The van der Waals surface area contributed by atoms with Gasteiger partial charge in [0, 0.05) is 37.8 Å². The highest BCUT2D eigenvalue weighted by atomic mass is 16.3. The summed E-state index contributed by atoms with van der Waals surface area (Å²) in [5.74, 6) is 1.02. The molecule has 2 aliphatic rings. The second-order valence-corrected chi connectivity index (χ2v) is 8.52. The first-order chi connectivity index (χ1) is 14.2. The van der Waals surface area contributed by atoms with Gasteiger partial charge < -0.3 is 19.5 Å². The average molecular weight is 391 g/mol. The smallest absolute Gasteiger partial charge is 0.142 e. The maximum absolute atomic E-state index is 11.1. The molecule has 1 aromatic carbocycles. The fourth-order valence-corrected chi connectivity index (χ4v) is 4.80. The van der Waals surface area contributed by atoms with Crippen LogP contribution in [0, 0.1) is 0 Å². The van der Waals surface area contributed by atoms with Crippen LogP contribution in [0.1, 0.15) is 31.2 Å². The lowest BCUT2D eigenvalue weighted by molar-refractivity contribution is 0.0117. The molecule has 5 rings (SSSR count). The Morgan fingerprint density at radius 3 is 2.38 bits per heavy atom. The van der Waals surface area contributed by atoms with E-state index < -0.39 is 5.60 Å². The first kappa shape index (κ1) is 18.6. The van der Waals surface area contributed by atoms with Gasteiger partial charge in [-0.05, 0) is 62.5 Å². The van der Waals surface area contributed by atoms with Crippen LogP contribution < -0.4 is 4.90 Å². The lowest BCUT2D eigenvalue weighted by atomic mass is 9.84. The summed E-state index contributed by atoms with van der Waals surface area (Å²) in [5, 5.41) is 12.3. The first-order valence-electron chi connectivity index (χ1n) is 10.9. The zero-order valence-corrected chi connectivity index (χ0v) is 17.0. The van der Waals surface area contributed by atoms with E-state index in [-0.39, 0.29) is 0 Å². The normalized spacial score (nSPS) is 19.8. The Bertz CT molecular complexity index is 953. The molecule has 2 saturated heterocycles. The predicted octanol–water partition coefficient (Wildman–Crippen LogP) is 3.62. The van der Waals surface area contributed by atoms with Crippen molar-refractivity contribution in [2.75, 3.05) is 37.6 Å². The van der Waals surface area contributed by atoms with Gasteiger partial charge in [0.2, 0.25) is 0 Å². The molecule has 0 aliphatic carbocycles. The molecule has 0 atom stereocenters. The molecule has 3 aromatic rings. The number of nitrogens with zero attached hydrogens (tertiary/aromatic N) is 4. The number of benzene rings is 1. The number of hydrogen-bond acceptors (Lipinski definition) is 4. The van der Waals surface area contributed by atoms with Gasteiger partial charge in [-0.25, -0.2) is 4.98 Å². The van der Waals surface area contributed by atoms with E-state index in [1.54, 1.807) is 0 Å². The van der Waals surface area contributed by atoms with E-state index in [0.717, 1.165) is 56.0 Å². The Labute approximate surface area is 172 Å². The van der Waals surface area contributed by atoms with Gasteiger partial charge in [-0.1, -0.05) is 30.3 Å². The van der Waals surface area contributed by atoms with Crippen LogP contribution in [0.25, 0.3) is 11.0 Å². The third-order valence-corrected chi connectivity index (χ3v) is 6.68. The molecule has 5 heteroatoms.